The number of rotatable bonds is 6. The molecule has 1 nitrogen and oxygen atoms in total. The molecule has 0 atom stereocenters. The molecular formula is C10H19N. The summed E-state index contributed by atoms with van der Waals surface area (Å²) in [6.45, 7) is 4.57. The van der Waals surface area contributed by atoms with E-state index in [1.807, 2.05) is 0 Å². The van der Waals surface area contributed by atoms with Crippen molar-refractivity contribution >= 4 is 0 Å². The zero-order valence-electron chi connectivity index (χ0n) is 7.77. The van der Waals surface area contributed by atoms with Gasteiger partial charge in [-0.05, 0) is 33.0 Å². The Bertz CT molecular complexity index is 113. The van der Waals surface area contributed by atoms with Gasteiger partial charge in [0.25, 0.3) is 0 Å². The van der Waals surface area contributed by atoms with Crippen LogP contribution in [-0.4, -0.2) is 25.0 Å². The molecule has 11 heavy (non-hydrogen) atoms. The van der Waals surface area contributed by atoms with Crippen LogP contribution in [0.2, 0.25) is 0 Å². The standard InChI is InChI=1S/C10H19N/c1-4-6-8-10-11(3)9-7-5-2/h1H,5-10H2,2-3H3. The molecule has 1 heteroatoms. The van der Waals surface area contributed by atoms with Crippen molar-refractivity contribution in [2.75, 3.05) is 20.1 Å². The number of nitrogens with zero attached hydrogens (tertiary/aromatic N) is 1. The third-order valence-electron chi connectivity index (χ3n) is 1.75. The molecule has 0 aliphatic carbocycles. The molecule has 0 radical (unpaired) electrons. The number of hydrogen-bond acceptors (Lipinski definition) is 1. The molecule has 0 rings (SSSR count). The summed E-state index contributed by atoms with van der Waals surface area (Å²) in [6, 6.07) is 0. The fraction of sp³-hybridized carbons (Fsp3) is 0.800. The quantitative estimate of drug-likeness (QED) is 0.417. The predicted octanol–water partition coefficient (Wildman–Crippen LogP) is 2.13. The van der Waals surface area contributed by atoms with Crippen LogP contribution in [0.4, 0.5) is 0 Å². The Morgan fingerprint density at radius 3 is 2.45 bits per heavy atom. The number of unbranched alkanes of at least 4 members (excludes halogenated alkanes) is 2. The molecule has 64 valence electrons. The summed E-state index contributed by atoms with van der Waals surface area (Å²) in [5.41, 5.74) is 0. The Labute approximate surface area is 70.8 Å². The van der Waals surface area contributed by atoms with E-state index in [0.29, 0.717) is 0 Å². The normalized spacial score (nSPS) is 10.0. The molecule has 0 aromatic carbocycles. The third-order valence-corrected chi connectivity index (χ3v) is 1.75. The second-order valence-corrected chi connectivity index (χ2v) is 2.96. The van der Waals surface area contributed by atoms with Crippen molar-refractivity contribution in [1.29, 1.82) is 0 Å². The van der Waals surface area contributed by atoms with Crippen molar-refractivity contribution in [3.63, 3.8) is 0 Å². The summed E-state index contributed by atoms with van der Waals surface area (Å²) in [6.07, 6.45) is 9.77. The first-order valence-corrected chi connectivity index (χ1v) is 4.43. The van der Waals surface area contributed by atoms with Crippen LogP contribution in [0.25, 0.3) is 0 Å². The molecule has 0 saturated heterocycles. The number of hydrogen-bond donors (Lipinski definition) is 0. The second kappa shape index (κ2) is 7.63. The van der Waals surface area contributed by atoms with Crippen LogP contribution in [0.1, 0.15) is 32.6 Å². The van der Waals surface area contributed by atoms with Gasteiger partial charge in [0.05, 0.1) is 0 Å². The van der Waals surface area contributed by atoms with Gasteiger partial charge in [-0.15, -0.1) is 12.3 Å². The van der Waals surface area contributed by atoms with Crippen LogP contribution in [0.5, 0.6) is 0 Å². The lowest BCUT2D eigenvalue weighted by Crippen LogP contribution is -2.20. The summed E-state index contributed by atoms with van der Waals surface area (Å²) in [5, 5.41) is 0. The van der Waals surface area contributed by atoms with Gasteiger partial charge < -0.3 is 4.90 Å². The minimum atomic E-state index is 0.913. The van der Waals surface area contributed by atoms with E-state index >= 15 is 0 Å². The summed E-state index contributed by atoms with van der Waals surface area (Å²) in [4.78, 5) is 2.35. The average Bonchev–Trinajstić information content (AvgIpc) is 2.01. The first kappa shape index (κ1) is 10.5. The molecule has 0 aliphatic heterocycles. The average molecular weight is 153 g/mol. The van der Waals surface area contributed by atoms with Gasteiger partial charge in [0.2, 0.25) is 0 Å². The lowest BCUT2D eigenvalue weighted by molar-refractivity contribution is 0.325. The maximum atomic E-state index is 5.15. The first-order chi connectivity index (χ1) is 5.31. The molecule has 0 spiro atoms. The van der Waals surface area contributed by atoms with Crippen LogP contribution >= 0.6 is 0 Å². The van der Waals surface area contributed by atoms with Gasteiger partial charge in [-0.2, -0.15) is 0 Å². The molecule has 0 aromatic heterocycles. The Kier molecular flexibility index (Phi) is 7.29. The van der Waals surface area contributed by atoms with Crippen molar-refractivity contribution in [2.24, 2.45) is 0 Å². The molecule has 0 amide bonds. The molecular weight excluding hydrogens is 134 g/mol. The molecule has 0 unspecified atom stereocenters. The SMILES string of the molecule is C#CCCCN(C)CCCC. The van der Waals surface area contributed by atoms with Crippen molar-refractivity contribution < 1.29 is 0 Å². The predicted molar refractivity (Wildman–Crippen MR) is 50.5 cm³/mol. The lowest BCUT2D eigenvalue weighted by atomic mass is 10.3. The summed E-state index contributed by atoms with van der Waals surface area (Å²) >= 11 is 0. The Morgan fingerprint density at radius 1 is 1.27 bits per heavy atom. The van der Waals surface area contributed by atoms with Gasteiger partial charge in [-0.25, -0.2) is 0 Å². The van der Waals surface area contributed by atoms with Crippen LogP contribution in [-0.2, 0) is 0 Å². The smallest absolute Gasteiger partial charge is 0.00982 e. The Balaban J connectivity index is 3.10. The van der Waals surface area contributed by atoms with Gasteiger partial charge in [-0.3, -0.25) is 0 Å². The minimum absolute atomic E-state index is 0.913. The molecule has 0 aliphatic rings. The molecule has 0 N–H and O–H groups in total. The zero-order valence-corrected chi connectivity index (χ0v) is 7.77. The van der Waals surface area contributed by atoms with E-state index in [-0.39, 0.29) is 0 Å². The van der Waals surface area contributed by atoms with E-state index in [1.54, 1.807) is 0 Å². The topological polar surface area (TPSA) is 3.24 Å². The number of terminal acetylenes is 1. The monoisotopic (exact) mass is 153 g/mol. The maximum absolute atomic E-state index is 5.15. The zero-order chi connectivity index (χ0) is 8.53. The molecule has 0 fully saturated rings. The van der Waals surface area contributed by atoms with Crippen molar-refractivity contribution in [3.05, 3.63) is 0 Å². The van der Waals surface area contributed by atoms with Crippen molar-refractivity contribution in [1.82, 2.24) is 4.90 Å². The van der Waals surface area contributed by atoms with E-state index in [0.717, 1.165) is 19.4 Å². The van der Waals surface area contributed by atoms with E-state index in [9.17, 15) is 0 Å². The van der Waals surface area contributed by atoms with Crippen LogP contribution in [0, 0.1) is 12.3 Å². The minimum Gasteiger partial charge on any atom is -0.306 e. The van der Waals surface area contributed by atoms with Gasteiger partial charge in [0, 0.05) is 6.42 Å². The van der Waals surface area contributed by atoms with Gasteiger partial charge >= 0.3 is 0 Å². The van der Waals surface area contributed by atoms with Crippen molar-refractivity contribution in [2.45, 2.75) is 32.6 Å². The maximum Gasteiger partial charge on any atom is 0.00982 e. The van der Waals surface area contributed by atoms with Gasteiger partial charge in [0.1, 0.15) is 0 Å². The fourth-order valence-electron chi connectivity index (χ4n) is 0.991. The van der Waals surface area contributed by atoms with E-state index in [1.165, 1.54) is 19.4 Å². The highest BCUT2D eigenvalue weighted by Gasteiger charge is 1.94. The lowest BCUT2D eigenvalue weighted by Gasteiger charge is -2.14. The summed E-state index contributed by atoms with van der Waals surface area (Å²) in [7, 11) is 2.16. The van der Waals surface area contributed by atoms with E-state index < -0.39 is 0 Å². The Morgan fingerprint density at radius 2 is 1.91 bits per heavy atom. The highest BCUT2D eigenvalue weighted by atomic mass is 15.1. The highest BCUT2D eigenvalue weighted by molar-refractivity contribution is 4.83. The van der Waals surface area contributed by atoms with Crippen LogP contribution in [0.3, 0.4) is 0 Å². The van der Waals surface area contributed by atoms with Crippen molar-refractivity contribution in [3.8, 4) is 12.3 Å². The van der Waals surface area contributed by atoms with E-state index in [2.05, 4.69) is 24.8 Å². The van der Waals surface area contributed by atoms with Crippen LogP contribution < -0.4 is 0 Å². The fourth-order valence-corrected chi connectivity index (χ4v) is 0.991. The summed E-state index contributed by atoms with van der Waals surface area (Å²) in [5.74, 6) is 2.65. The first-order valence-electron chi connectivity index (χ1n) is 4.43. The highest BCUT2D eigenvalue weighted by Crippen LogP contribution is 1.94. The Hall–Kier alpha value is -0.480. The molecule has 0 saturated carbocycles. The molecule has 0 aromatic rings. The second-order valence-electron chi connectivity index (χ2n) is 2.96. The largest absolute Gasteiger partial charge is 0.306 e. The molecule has 0 bridgehead atoms. The van der Waals surface area contributed by atoms with Crippen LogP contribution in [0.15, 0.2) is 0 Å². The van der Waals surface area contributed by atoms with E-state index in [4.69, 9.17) is 6.42 Å². The summed E-state index contributed by atoms with van der Waals surface area (Å²) < 4.78 is 0. The van der Waals surface area contributed by atoms with Gasteiger partial charge in [-0.1, -0.05) is 13.3 Å². The molecule has 0 heterocycles. The van der Waals surface area contributed by atoms with Gasteiger partial charge in [0.15, 0.2) is 0 Å². The third kappa shape index (κ3) is 7.42.